The molecule has 0 bridgehead atoms. The SMILES string of the molecule is CC(C)[C@@H](NC(=O)c1ccc(Cl)cc1)c1nnc(SCC(=O)N[C@@H](C)c2ccccc2)n1C. The van der Waals surface area contributed by atoms with Gasteiger partial charge in [-0.1, -0.05) is 67.5 Å². The lowest BCUT2D eigenvalue weighted by atomic mass is 10.0. The number of rotatable bonds is 9. The molecule has 2 N–H and O–H groups in total. The van der Waals surface area contributed by atoms with E-state index in [1.54, 1.807) is 24.3 Å². The Labute approximate surface area is 203 Å². The number of carbonyl (C=O) groups is 2. The third kappa shape index (κ3) is 6.58. The van der Waals surface area contributed by atoms with E-state index in [1.807, 2.05) is 62.7 Å². The summed E-state index contributed by atoms with van der Waals surface area (Å²) in [7, 11) is 1.84. The van der Waals surface area contributed by atoms with E-state index in [1.165, 1.54) is 11.8 Å². The molecule has 0 fully saturated rings. The summed E-state index contributed by atoms with van der Waals surface area (Å²) in [6.45, 7) is 5.97. The van der Waals surface area contributed by atoms with E-state index in [0.29, 0.717) is 21.6 Å². The lowest BCUT2D eigenvalue weighted by Crippen LogP contribution is -2.33. The molecule has 1 heterocycles. The van der Waals surface area contributed by atoms with E-state index in [0.717, 1.165) is 5.56 Å². The highest BCUT2D eigenvalue weighted by Gasteiger charge is 2.25. The van der Waals surface area contributed by atoms with Crippen molar-refractivity contribution in [2.75, 3.05) is 5.75 Å². The molecule has 0 saturated heterocycles. The molecular formula is C24H28ClN5O2S. The van der Waals surface area contributed by atoms with Crippen LogP contribution in [0.1, 0.15) is 54.6 Å². The third-order valence-electron chi connectivity index (χ3n) is 5.22. The third-order valence-corrected chi connectivity index (χ3v) is 6.49. The van der Waals surface area contributed by atoms with Crippen LogP contribution < -0.4 is 10.6 Å². The van der Waals surface area contributed by atoms with Crippen molar-refractivity contribution in [1.29, 1.82) is 0 Å². The molecule has 174 valence electrons. The first-order chi connectivity index (χ1) is 15.8. The largest absolute Gasteiger partial charge is 0.349 e. The van der Waals surface area contributed by atoms with Crippen LogP contribution in [0.4, 0.5) is 0 Å². The fourth-order valence-electron chi connectivity index (χ4n) is 3.32. The molecule has 2 aromatic carbocycles. The van der Waals surface area contributed by atoms with E-state index < -0.39 is 0 Å². The van der Waals surface area contributed by atoms with Crippen molar-refractivity contribution in [2.45, 2.75) is 38.0 Å². The number of hydrogen-bond donors (Lipinski definition) is 2. The molecule has 3 aromatic rings. The molecule has 2 atom stereocenters. The lowest BCUT2D eigenvalue weighted by Gasteiger charge is -2.21. The van der Waals surface area contributed by atoms with Crippen molar-refractivity contribution in [1.82, 2.24) is 25.4 Å². The van der Waals surface area contributed by atoms with E-state index in [-0.39, 0.29) is 35.6 Å². The number of amides is 2. The molecule has 1 aromatic heterocycles. The van der Waals surface area contributed by atoms with Crippen LogP contribution in [-0.4, -0.2) is 32.3 Å². The van der Waals surface area contributed by atoms with Crippen molar-refractivity contribution in [3.63, 3.8) is 0 Å². The quantitative estimate of drug-likeness (QED) is 0.433. The molecule has 7 nitrogen and oxygen atoms in total. The number of carbonyl (C=O) groups excluding carboxylic acids is 2. The summed E-state index contributed by atoms with van der Waals surface area (Å²) >= 11 is 7.23. The fourth-order valence-corrected chi connectivity index (χ4v) is 4.17. The molecule has 0 saturated carbocycles. The van der Waals surface area contributed by atoms with Gasteiger partial charge in [0.05, 0.1) is 17.8 Å². The van der Waals surface area contributed by atoms with Gasteiger partial charge in [-0.05, 0) is 42.7 Å². The van der Waals surface area contributed by atoms with Crippen LogP contribution in [-0.2, 0) is 11.8 Å². The highest BCUT2D eigenvalue weighted by molar-refractivity contribution is 7.99. The van der Waals surface area contributed by atoms with Crippen LogP contribution in [0.5, 0.6) is 0 Å². The Kier molecular flexibility index (Phi) is 8.52. The summed E-state index contributed by atoms with van der Waals surface area (Å²) in [5.74, 6) is 0.631. The zero-order valence-electron chi connectivity index (χ0n) is 19.1. The normalized spacial score (nSPS) is 12.9. The van der Waals surface area contributed by atoms with Crippen LogP contribution in [0.25, 0.3) is 0 Å². The molecule has 0 unspecified atom stereocenters. The Hall–Kier alpha value is -2.84. The Balaban J connectivity index is 1.63. The topological polar surface area (TPSA) is 88.9 Å². The minimum Gasteiger partial charge on any atom is -0.349 e. The fraction of sp³-hybridized carbons (Fsp3) is 0.333. The average Bonchev–Trinajstić information content (AvgIpc) is 3.16. The van der Waals surface area contributed by atoms with Crippen LogP contribution in [0.2, 0.25) is 5.02 Å². The van der Waals surface area contributed by atoms with Gasteiger partial charge < -0.3 is 15.2 Å². The number of nitrogens with zero attached hydrogens (tertiary/aromatic N) is 3. The van der Waals surface area contributed by atoms with Crippen molar-refractivity contribution in [2.24, 2.45) is 13.0 Å². The second-order valence-electron chi connectivity index (χ2n) is 8.09. The maximum absolute atomic E-state index is 12.7. The highest BCUT2D eigenvalue weighted by atomic mass is 35.5. The van der Waals surface area contributed by atoms with E-state index in [4.69, 9.17) is 11.6 Å². The number of halogens is 1. The Morgan fingerprint density at radius 1 is 1.00 bits per heavy atom. The van der Waals surface area contributed by atoms with Gasteiger partial charge in [-0.2, -0.15) is 0 Å². The summed E-state index contributed by atoms with van der Waals surface area (Å²) < 4.78 is 1.82. The van der Waals surface area contributed by atoms with Gasteiger partial charge in [0.25, 0.3) is 5.91 Å². The first-order valence-electron chi connectivity index (χ1n) is 10.7. The Bertz CT molecular complexity index is 1090. The van der Waals surface area contributed by atoms with Crippen molar-refractivity contribution in [3.05, 3.63) is 76.6 Å². The first-order valence-corrected chi connectivity index (χ1v) is 12.1. The van der Waals surface area contributed by atoms with Gasteiger partial charge in [-0.3, -0.25) is 9.59 Å². The van der Waals surface area contributed by atoms with Gasteiger partial charge in [-0.15, -0.1) is 10.2 Å². The smallest absolute Gasteiger partial charge is 0.251 e. The van der Waals surface area contributed by atoms with Gasteiger partial charge in [0.1, 0.15) is 0 Å². The predicted octanol–water partition coefficient (Wildman–Crippen LogP) is 4.57. The number of thioether (sulfide) groups is 1. The van der Waals surface area contributed by atoms with Crippen LogP contribution in [0.15, 0.2) is 59.8 Å². The first kappa shape index (κ1) is 24.8. The van der Waals surface area contributed by atoms with Gasteiger partial charge in [-0.25, -0.2) is 0 Å². The molecule has 2 amide bonds. The molecule has 3 rings (SSSR count). The number of benzene rings is 2. The van der Waals surface area contributed by atoms with Crippen molar-refractivity contribution < 1.29 is 9.59 Å². The van der Waals surface area contributed by atoms with Crippen LogP contribution >= 0.6 is 23.4 Å². The van der Waals surface area contributed by atoms with Crippen molar-refractivity contribution >= 4 is 35.2 Å². The molecular weight excluding hydrogens is 458 g/mol. The Morgan fingerprint density at radius 2 is 1.67 bits per heavy atom. The zero-order valence-corrected chi connectivity index (χ0v) is 20.7. The molecule has 0 aliphatic rings. The monoisotopic (exact) mass is 485 g/mol. The van der Waals surface area contributed by atoms with E-state index in [2.05, 4.69) is 20.8 Å². The van der Waals surface area contributed by atoms with Gasteiger partial charge in [0.15, 0.2) is 11.0 Å². The number of aromatic nitrogens is 3. The maximum Gasteiger partial charge on any atom is 0.251 e. The van der Waals surface area contributed by atoms with Crippen molar-refractivity contribution in [3.8, 4) is 0 Å². The van der Waals surface area contributed by atoms with Crippen LogP contribution in [0.3, 0.4) is 0 Å². The summed E-state index contributed by atoms with van der Waals surface area (Å²) in [5.41, 5.74) is 1.57. The molecule has 0 aliphatic heterocycles. The zero-order chi connectivity index (χ0) is 24.0. The van der Waals surface area contributed by atoms with E-state index in [9.17, 15) is 9.59 Å². The standard InChI is InChI=1S/C24H28ClN5O2S/c1-15(2)21(27-23(32)18-10-12-19(25)13-11-18)22-28-29-24(30(22)4)33-14-20(31)26-16(3)17-8-6-5-7-9-17/h5-13,15-16,21H,14H2,1-4H3,(H,26,31)(H,27,32)/t16-,21+/m0/s1. The molecule has 0 spiro atoms. The van der Waals surface area contributed by atoms with Gasteiger partial charge in [0.2, 0.25) is 5.91 Å². The summed E-state index contributed by atoms with van der Waals surface area (Å²) in [6.07, 6.45) is 0. The number of hydrogen-bond acceptors (Lipinski definition) is 5. The van der Waals surface area contributed by atoms with Crippen LogP contribution in [0, 0.1) is 5.92 Å². The van der Waals surface area contributed by atoms with E-state index >= 15 is 0 Å². The number of nitrogens with one attached hydrogen (secondary N) is 2. The average molecular weight is 486 g/mol. The highest BCUT2D eigenvalue weighted by Crippen LogP contribution is 2.25. The Morgan fingerprint density at radius 3 is 2.30 bits per heavy atom. The molecule has 0 aliphatic carbocycles. The molecule has 33 heavy (non-hydrogen) atoms. The minimum atomic E-state index is -0.341. The summed E-state index contributed by atoms with van der Waals surface area (Å²) in [6, 6.07) is 16.1. The maximum atomic E-state index is 12.7. The second-order valence-corrected chi connectivity index (χ2v) is 9.47. The molecule has 0 radical (unpaired) electrons. The lowest BCUT2D eigenvalue weighted by molar-refractivity contribution is -0.119. The minimum absolute atomic E-state index is 0.0806. The summed E-state index contributed by atoms with van der Waals surface area (Å²) in [5, 5.41) is 15.8. The summed E-state index contributed by atoms with van der Waals surface area (Å²) in [4.78, 5) is 25.2. The predicted molar refractivity (Wildman–Crippen MR) is 131 cm³/mol. The van der Waals surface area contributed by atoms with Gasteiger partial charge >= 0.3 is 0 Å². The second kappa shape index (κ2) is 11.3. The van der Waals surface area contributed by atoms with Gasteiger partial charge in [0, 0.05) is 17.6 Å². The molecule has 9 heteroatoms.